The summed E-state index contributed by atoms with van der Waals surface area (Å²) in [6.07, 6.45) is 1.06. The Morgan fingerprint density at radius 3 is 2.59 bits per heavy atom. The Labute approximate surface area is 168 Å². The van der Waals surface area contributed by atoms with E-state index >= 15 is 0 Å². The zero-order valence-corrected chi connectivity index (χ0v) is 15.8. The second-order valence-electron chi connectivity index (χ2n) is 5.46. The van der Waals surface area contributed by atoms with Gasteiger partial charge in [0.25, 0.3) is 11.6 Å². The Balaban J connectivity index is 2.28. The van der Waals surface area contributed by atoms with Crippen LogP contribution in [-0.2, 0) is 0 Å². The third-order valence-corrected chi connectivity index (χ3v) is 4.06. The fraction of sp³-hybridized carbons (Fsp3) is 0.267. The number of nitrogens with zero attached hydrogens (tertiary/aromatic N) is 5. The fourth-order valence-corrected chi connectivity index (χ4v) is 2.56. The van der Waals surface area contributed by atoms with Crippen molar-refractivity contribution in [2.24, 2.45) is 0 Å². The van der Waals surface area contributed by atoms with Crippen molar-refractivity contribution in [1.82, 2.24) is 15.4 Å². The number of rotatable bonds is 9. The van der Waals surface area contributed by atoms with Gasteiger partial charge in [-0.25, -0.2) is 9.97 Å². The van der Waals surface area contributed by atoms with Gasteiger partial charge in [-0.2, -0.15) is 0 Å². The van der Waals surface area contributed by atoms with E-state index in [1.54, 1.807) is 6.92 Å². The van der Waals surface area contributed by atoms with Gasteiger partial charge in [-0.15, -0.1) is 0 Å². The van der Waals surface area contributed by atoms with Crippen LogP contribution in [0.25, 0.3) is 0 Å². The van der Waals surface area contributed by atoms with Crippen molar-refractivity contribution in [2.45, 2.75) is 6.92 Å². The molecular weight excluding hydrogens is 410 g/mol. The molecule has 1 heterocycles. The highest BCUT2D eigenvalue weighted by Gasteiger charge is 2.27. The molecule has 3 N–H and O–H groups in total. The van der Waals surface area contributed by atoms with Crippen LogP contribution in [0.15, 0.2) is 24.5 Å². The lowest BCUT2D eigenvalue weighted by atomic mass is 10.2. The van der Waals surface area contributed by atoms with Crippen LogP contribution >= 0.6 is 11.6 Å². The van der Waals surface area contributed by atoms with Crippen LogP contribution in [0, 0.1) is 20.2 Å². The first kappa shape index (κ1) is 21.7. The van der Waals surface area contributed by atoms with Gasteiger partial charge in [-0.05, 0) is 19.1 Å². The number of nitrogens with one attached hydrogen (secondary N) is 2. The van der Waals surface area contributed by atoms with E-state index in [0.717, 1.165) is 12.4 Å². The molecule has 0 unspecified atom stereocenters. The highest BCUT2D eigenvalue weighted by Crippen LogP contribution is 2.31. The molecule has 2 rings (SSSR count). The van der Waals surface area contributed by atoms with Crippen LogP contribution < -0.4 is 15.8 Å². The van der Waals surface area contributed by atoms with Gasteiger partial charge in [-0.1, -0.05) is 11.6 Å². The Morgan fingerprint density at radius 1 is 1.28 bits per heavy atom. The second-order valence-corrected chi connectivity index (χ2v) is 5.86. The molecular formula is C15H16ClN7O6. The number of nitro groups is 2. The molecule has 13 nitrogen and oxygen atoms in total. The average molecular weight is 426 g/mol. The maximum atomic E-state index is 12.3. The van der Waals surface area contributed by atoms with E-state index in [1.165, 1.54) is 17.0 Å². The SMILES string of the molecule is CCN(CCO)c1ncnc(NNC(=O)c2ccc(Cl)c([N+](=O)[O-])c2)c1[N+](=O)[O-]. The number of amides is 1. The molecule has 2 aromatic rings. The van der Waals surface area contributed by atoms with Crippen molar-refractivity contribution in [3.05, 3.63) is 55.3 Å². The molecule has 0 radical (unpaired) electrons. The highest BCUT2D eigenvalue weighted by molar-refractivity contribution is 6.32. The van der Waals surface area contributed by atoms with Crippen molar-refractivity contribution in [2.75, 3.05) is 30.0 Å². The number of hydrogen-bond acceptors (Lipinski definition) is 10. The number of carbonyl (C=O) groups excluding carboxylic acids is 1. The Kier molecular flexibility index (Phi) is 7.16. The van der Waals surface area contributed by atoms with Crippen LogP contribution in [0.2, 0.25) is 5.02 Å². The molecule has 0 fully saturated rings. The first-order chi connectivity index (χ1) is 13.8. The van der Waals surface area contributed by atoms with Gasteiger partial charge >= 0.3 is 5.69 Å². The summed E-state index contributed by atoms with van der Waals surface area (Å²) >= 11 is 5.71. The zero-order chi connectivity index (χ0) is 21.6. The van der Waals surface area contributed by atoms with Gasteiger partial charge in [0.1, 0.15) is 11.3 Å². The van der Waals surface area contributed by atoms with E-state index in [1.807, 2.05) is 0 Å². The Bertz CT molecular complexity index is 941. The lowest BCUT2D eigenvalue weighted by Crippen LogP contribution is -2.32. The summed E-state index contributed by atoms with van der Waals surface area (Å²) in [6, 6.07) is 3.42. The predicted molar refractivity (Wildman–Crippen MR) is 103 cm³/mol. The smallest absolute Gasteiger partial charge is 0.355 e. The molecule has 0 aliphatic rings. The van der Waals surface area contributed by atoms with Crippen molar-refractivity contribution in [3.63, 3.8) is 0 Å². The number of hydrazine groups is 1. The molecule has 0 bridgehead atoms. The largest absolute Gasteiger partial charge is 0.395 e. The van der Waals surface area contributed by atoms with Crippen LogP contribution in [0.1, 0.15) is 17.3 Å². The average Bonchev–Trinajstić information content (AvgIpc) is 2.69. The van der Waals surface area contributed by atoms with Crippen LogP contribution in [-0.4, -0.2) is 50.5 Å². The minimum Gasteiger partial charge on any atom is -0.395 e. The van der Waals surface area contributed by atoms with E-state index in [2.05, 4.69) is 20.8 Å². The molecule has 0 aliphatic carbocycles. The number of halogens is 1. The highest BCUT2D eigenvalue weighted by atomic mass is 35.5. The standard InChI is InChI=1S/C15H16ClN7O6/c1-2-21(5-6-24)14-12(23(28)29)13(17-8-18-14)19-20-15(25)9-3-4-10(16)11(7-9)22(26)27/h3-4,7-8,24H,2,5-6H2,1H3,(H,20,25)(H,17,18,19). The number of likely N-dealkylation sites (N-methyl/N-ethyl adjacent to an activating group) is 1. The van der Waals surface area contributed by atoms with Crippen LogP contribution in [0.5, 0.6) is 0 Å². The molecule has 1 aromatic carbocycles. The third kappa shape index (κ3) is 5.03. The maximum Gasteiger partial charge on any atom is 0.355 e. The number of carbonyl (C=O) groups is 1. The maximum absolute atomic E-state index is 12.3. The Morgan fingerprint density at radius 2 is 2.00 bits per heavy atom. The van der Waals surface area contributed by atoms with Gasteiger partial charge in [-0.3, -0.25) is 35.9 Å². The van der Waals surface area contributed by atoms with Crippen LogP contribution in [0.4, 0.5) is 23.0 Å². The quantitative estimate of drug-likeness (QED) is 0.394. The first-order valence-electron chi connectivity index (χ1n) is 8.15. The monoisotopic (exact) mass is 425 g/mol. The summed E-state index contributed by atoms with van der Waals surface area (Å²) < 4.78 is 0. The molecule has 0 saturated heterocycles. The third-order valence-electron chi connectivity index (χ3n) is 3.74. The van der Waals surface area contributed by atoms with E-state index < -0.39 is 27.1 Å². The molecule has 0 spiro atoms. The number of aliphatic hydroxyl groups excluding tert-OH is 1. The van der Waals surface area contributed by atoms with Gasteiger partial charge < -0.3 is 10.0 Å². The second kappa shape index (κ2) is 9.57. The molecule has 29 heavy (non-hydrogen) atoms. The van der Waals surface area contributed by atoms with Crippen LogP contribution in [0.3, 0.4) is 0 Å². The van der Waals surface area contributed by atoms with Crippen molar-refractivity contribution in [3.8, 4) is 0 Å². The molecule has 14 heteroatoms. The number of benzene rings is 1. The lowest BCUT2D eigenvalue weighted by molar-refractivity contribution is -0.384. The number of anilines is 2. The summed E-state index contributed by atoms with van der Waals surface area (Å²) in [4.78, 5) is 42.4. The number of hydrogen-bond donors (Lipinski definition) is 3. The number of aromatic nitrogens is 2. The van der Waals surface area contributed by atoms with Crippen molar-refractivity contribution < 1.29 is 19.7 Å². The minimum atomic E-state index is -0.804. The van der Waals surface area contributed by atoms with Crippen molar-refractivity contribution >= 4 is 40.5 Å². The molecule has 1 aromatic heterocycles. The van der Waals surface area contributed by atoms with E-state index in [0.29, 0.717) is 6.54 Å². The normalized spacial score (nSPS) is 10.3. The lowest BCUT2D eigenvalue weighted by Gasteiger charge is -2.20. The van der Waals surface area contributed by atoms with Gasteiger partial charge in [0.05, 0.1) is 16.5 Å². The Hall–Kier alpha value is -3.58. The summed E-state index contributed by atoms with van der Waals surface area (Å²) in [7, 11) is 0. The van der Waals surface area contributed by atoms with E-state index in [-0.39, 0.29) is 35.4 Å². The topological polar surface area (TPSA) is 177 Å². The van der Waals surface area contributed by atoms with Crippen molar-refractivity contribution in [1.29, 1.82) is 0 Å². The van der Waals surface area contributed by atoms with Gasteiger partial charge in [0.2, 0.25) is 11.6 Å². The summed E-state index contributed by atoms with van der Waals surface area (Å²) in [5.41, 5.74) is 3.46. The first-order valence-corrected chi connectivity index (χ1v) is 8.53. The van der Waals surface area contributed by atoms with E-state index in [4.69, 9.17) is 16.7 Å². The predicted octanol–water partition coefficient (Wildman–Crippen LogP) is 1.52. The molecule has 0 aliphatic heterocycles. The fourth-order valence-electron chi connectivity index (χ4n) is 2.38. The van der Waals surface area contributed by atoms with Gasteiger partial charge in [0.15, 0.2) is 0 Å². The minimum absolute atomic E-state index is 0.0413. The van der Waals surface area contributed by atoms with Gasteiger partial charge in [0, 0.05) is 24.7 Å². The summed E-state index contributed by atoms with van der Waals surface area (Å²) in [5, 5.41) is 31.5. The summed E-state index contributed by atoms with van der Waals surface area (Å²) in [6.45, 7) is 1.92. The zero-order valence-electron chi connectivity index (χ0n) is 15.0. The molecule has 0 saturated carbocycles. The van der Waals surface area contributed by atoms with E-state index in [9.17, 15) is 25.0 Å². The molecule has 1 amide bonds. The molecule has 0 atom stereocenters. The molecule has 154 valence electrons. The number of aliphatic hydroxyl groups is 1. The summed E-state index contributed by atoms with van der Waals surface area (Å²) in [5.74, 6) is -1.14. The number of nitro benzene ring substituents is 1.